The Morgan fingerprint density at radius 3 is 2.67 bits per heavy atom. The van der Waals surface area contributed by atoms with Gasteiger partial charge in [-0.3, -0.25) is 0 Å². The lowest BCUT2D eigenvalue weighted by atomic mass is 10.3. The first-order chi connectivity index (χ1) is 6.97. The molecule has 0 amide bonds. The third-order valence-corrected chi connectivity index (χ3v) is 4.73. The van der Waals surface area contributed by atoms with Gasteiger partial charge in [0.1, 0.15) is 0 Å². The van der Waals surface area contributed by atoms with E-state index in [4.69, 9.17) is 5.73 Å². The first kappa shape index (κ1) is 12.9. The third-order valence-electron chi connectivity index (χ3n) is 2.72. The second-order valence-electron chi connectivity index (χ2n) is 4.18. The van der Waals surface area contributed by atoms with Gasteiger partial charge in [-0.1, -0.05) is 0 Å². The maximum Gasteiger partial charge on any atom is 0.215 e. The van der Waals surface area contributed by atoms with E-state index in [-0.39, 0.29) is 18.3 Å². The Morgan fingerprint density at radius 1 is 1.40 bits per heavy atom. The van der Waals surface area contributed by atoms with Gasteiger partial charge in [0.05, 0.1) is 5.75 Å². The van der Waals surface area contributed by atoms with Gasteiger partial charge < -0.3 is 10.6 Å². The van der Waals surface area contributed by atoms with Gasteiger partial charge >= 0.3 is 0 Å². The highest BCUT2D eigenvalue weighted by Crippen LogP contribution is 2.13. The van der Waals surface area contributed by atoms with Gasteiger partial charge in [-0.05, 0) is 26.9 Å². The van der Waals surface area contributed by atoms with Crippen molar-refractivity contribution in [2.24, 2.45) is 5.73 Å². The molecule has 6 heteroatoms. The molecule has 5 nitrogen and oxygen atoms in total. The van der Waals surface area contributed by atoms with Crippen LogP contribution in [0.4, 0.5) is 0 Å². The molecule has 15 heavy (non-hydrogen) atoms. The zero-order chi connectivity index (χ0) is 11.5. The van der Waals surface area contributed by atoms with Crippen molar-refractivity contribution < 1.29 is 8.42 Å². The van der Waals surface area contributed by atoms with Crippen molar-refractivity contribution in [2.45, 2.75) is 19.4 Å². The number of nitrogens with two attached hydrogens (primary N) is 1. The summed E-state index contributed by atoms with van der Waals surface area (Å²) in [6.07, 6.45) is 0.893. The van der Waals surface area contributed by atoms with Gasteiger partial charge in [0.15, 0.2) is 0 Å². The van der Waals surface area contributed by atoms with Crippen LogP contribution in [0, 0.1) is 0 Å². The van der Waals surface area contributed by atoms with E-state index in [2.05, 4.69) is 4.90 Å². The number of hydrogen-bond acceptors (Lipinski definition) is 4. The zero-order valence-corrected chi connectivity index (χ0v) is 10.3. The van der Waals surface area contributed by atoms with Crippen molar-refractivity contribution in [1.29, 1.82) is 0 Å². The molecule has 1 heterocycles. The molecule has 0 saturated carbocycles. The van der Waals surface area contributed by atoms with E-state index in [1.165, 1.54) is 0 Å². The summed E-state index contributed by atoms with van der Waals surface area (Å²) in [6.45, 7) is 4.52. The van der Waals surface area contributed by atoms with Crippen molar-refractivity contribution in [3.05, 3.63) is 0 Å². The van der Waals surface area contributed by atoms with Gasteiger partial charge in [0.2, 0.25) is 10.0 Å². The van der Waals surface area contributed by atoms with Crippen LogP contribution in [0.25, 0.3) is 0 Å². The largest absolute Gasteiger partial charge is 0.329 e. The fraction of sp³-hybridized carbons (Fsp3) is 1.00. The highest BCUT2D eigenvalue weighted by Gasteiger charge is 2.28. The molecule has 1 fully saturated rings. The topological polar surface area (TPSA) is 66.6 Å². The zero-order valence-electron chi connectivity index (χ0n) is 9.52. The molecule has 0 aromatic carbocycles. The first-order valence-corrected chi connectivity index (χ1v) is 6.96. The molecule has 0 spiro atoms. The summed E-state index contributed by atoms with van der Waals surface area (Å²) < 4.78 is 25.4. The second-order valence-corrected chi connectivity index (χ2v) is 6.22. The van der Waals surface area contributed by atoms with Crippen LogP contribution in [0.1, 0.15) is 13.3 Å². The van der Waals surface area contributed by atoms with Gasteiger partial charge in [-0.25, -0.2) is 8.42 Å². The quantitative estimate of drug-likeness (QED) is 0.702. The number of sulfonamides is 1. The van der Waals surface area contributed by atoms with E-state index in [1.54, 1.807) is 4.31 Å². The van der Waals surface area contributed by atoms with Gasteiger partial charge in [0, 0.05) is 25.7 Å². The second kappa shape index (κ2) is 5.25. The molecule has 1 saturated heterocycles. The van der Waals surface area contributed by atoms with Crippen LogP contribution in [-0.4, -0.2) is 62.6 Å². The predicted octanol–water partition coefficient (Wildman–Crippen LogP) is -0.699. The molecule has 1 unspecified atom stereocenters. The van der Waals surface area contributed by atoms with E-state index in [9.17, 15) is 8.42 Å². The average molecular weight is 235 g/mol. The summed E-state index contributed by atoms with van der Waals surface area (Å²) in [5, 5.41) is 0. The van der Waals surface area contributed by atoms with Gasteiger partial charge in [0.25, 0.3) is 0 Å². The van der Waals surface area contributed by atoms with Crippen molar-refractivity contribution in [3.8, 4) is 0 Å². The lowest BCUT2D eigenvalue weighted by molar-refractivity contribution is 0.290. The maximum absolute atomic E-state index is 11.9. The fourth-order valence-corrected chi connectivity index (χ4v) is 3.58. The predicted molar refractivity (Wildman–Crippen MR) is 61.1 cm³/mol. The van der Waals surface area contributed by atoms with Crippen LogP contribution < -0.4 is 5.73 Å². The van der Waals surface area contributed by atoms with Crippen LogP contribution in [0.2, 0.25) is 0 Å². The molecule has 1 rings (SSSR count). The van der Waals surface area contributed by atoms with Gasteiger partial charge in [-0.15, -0.1) is 0 Å². The molecular formula is C9H21N3O2S. The monoisotopic (exact) mass is 235 g/mol. The molecule has 0 aromatic rings. The Labute approximate surface area is 92.3 Å². The van der Waals surface area contributed by atoms with Gasteiger partial charge in [-0.2, -0.15) is 4.31 Å². The normalized spacial score (nSPS) is 26.5. The Hall–Kier alpha value is -0.170. The summed E-state index contributed by atoms with van der Waals surface area (Å²) in [5.74, 6) is 0.0566. The van der Waals surface area contributed by atoms with Crippen LogP contribution in [0.15, 0.2) is 0 Å². The summed E-state index contributed by atoms with van der Waals surface area (Å²) in [5.41, 5.74) is 5.32. The van der Waals surface area contributed by atoms with Crippen LogP contribution >= 0.6 is 0 Å². The molecule has 1 aliphatic rings. The Morgan fingerprint density at radius 2 is 2.07 bits per heavy atom. The lowest BCUT2D eigenvalue weighted by Crippen LogP contribution is -2.43. The molecule has 2 N–H and O–H groups in total. The average Bonchev–Trinajstić information content (AvgIpc) is 2.26. The first-order valence-electron chi connectivity index (χ1n) is 5.35. The minimum Gasteiger partial charge on any atom is -0.329 e. The van der Waals surface area contributed by atoms with Crippen LogP contribution in [0.5, 0.6) is 0 Å². The van der Waals surface area contributed by atoms with Crippen LogP contribution in [-0.2, 0) is 10.0 Å². The minimum atomic E-state index is -3.15. The van der Waals surface area contributed by atoms with Crippen molar-refractivity contribution in [2.75, 3.05) is 39.0 Å². The molecule has 0 aliphatic carbocycles. The van der Waals surface area contributed by atoms with E-state index in [0.29, 0.717) is 6.54 Å². The molecule has 1 aliphatic heterocycles. The Bertz CT molecular complexity index is 292. The van der Waals surface area contributed by atoms with Crippen LogP contribution in [0.3, 0.4) is 0 Å². The van der Waals surface area contributed by atoms with Crippen molar-refractivity contribution >= 4 is 10.0 Å². The molecule has 1 atom stereocenters. The van der Waals surface area contributed by atoms with E-state index >= 15 is 0 Å². The van der Waals surface area contributed by atoms with E-state index < -0.39 is 10.0 Å². The number of hydrogen-bond donors (Lipinski definition) is 1. The summed E-state index contributed by atoms with van der Waals surface area (Å²) >= 11 is 0. The smallest absolute Gasteiger partial charge is 0.215 e. The van der Waals surface area contributed by atoms with Crippen molar-refractivity contribution in [1.82, 2.24) is 9.21 Å². The molecular weight excluding hydrogens is 214 g/mol. The number of likely N-dealkylation sites (N-methyl/N-ethyl adjacent to an activating group) is 1. The minimum absolute atomic E-state index is 0.0500. The molecule has 90 valence electrons. The van der Waals surface area contributed by atoms with Crippen molar-refractivity contribution in [3.63, 3.8) is 0 Å². The maximum atomic E-state index is 11.9. The Kier molecular flexibility index (Phi) is 4.51. The van der Waals surface area contributed by atoms with E-state index in [0.717, 1.165) is 19.5 Å². The van der Waals surface area contributed by atoms with E-state index in [1.807, 2.05) is 14.0 Å². The Balaban J connectivity index is 2.75. The highest BCUT2D eigenvalue weighted by atomic mass is 32.2. The highest BCUT2D eigenvalue weighted by molar-refractivity contribution is 7.89. The summed E-state index contributed by atoms with van der Waals surface area (Å²) in [6, 6.07) is 0.0500. The number of nitrogens with zero attached hydrogens (tertiary/aromatic N) is 2. The molecule has 0 aromatic heterocycles. The fourth-order valence-electron chi connectivity index (χ4n) is 2.03. The summed E-state index contributed by atoms with van der Waals surface area (Å²) in [7, 11) is -1.12. The third kappa shape index (κ3) is 3.41. The molecule has 0 bridgehead atoms. The number of rotatable bonds is 3. The summed E-state index contributed by atoms with van der Waals surface area (Å²) in [4.78, 5) is 2.17. The SMILES string of the molecule is CC1CN(C)CCCN1S(=O)(=O)CCN. The molecule has 0 radical (unpaired) electrons. The standard InChI is InChI=1S/C9H21N3O2S/c1-9-8-11(2)5-3-6-12(9)15(13,14)7-4-10/h9H,3-8,10H2,1-2H3. The lowest BCUT2D eigenvalue weighted by Gasteiger charge is -2.26.